The zero-order valence-electron chi connectivity index (χ0n) is 24.3. The van der Waals surface area contributed by atoms with Crippen molar-refractivity contribution in [3.8, 4) is 22.3 Å². The van der Waals surface area contributed by atoms with Crippen LogP contribution in [0.5, 0.6) is 0 Å². The van der Waals surface area contributed by atoms with Gasteiger partial charge >= 0.3 is 0 Å². The van der Waals surface area contributed by atoms with Gasteiger partial charge in [0.15, 0.2) is 0 Å². The largest absolute Gasteiger partial charge is 0.135 e. The van der Waals surface area contributed by atoms with E-state index >= 15 is 0 Å². The second kappa shape index (κ2) is 10.1. The number of hydrogen-bond donors (Lipinski definition) is 0. The molecule has 0 fully saturated rings. The minimum Gasteiger partial charge on any atom is -0.135 e. The average Bonchev–Trinajstić information content (AvgIpc) is 3.79. The van der Waals surface area contributed by atoms with E-state index in [0.717, 1.165) is 6.42 Å². The van der Waals surface area contributed by atoms with Crippen LogP contribution in [-0.4, -0.2) is 0 Å². The molecule has 1 aliphatic carbocycles. The summed E-state index contributed by atoms with van der Waals surface area (Å²) >= 11 is 5.79. The SMILES string of the molecule is C1=CC(c2cc(-c3cccc4c3sc3ccccc34)cc(-c3cccc4c3sc3ccccc34)c2)=C2Sc3ccccc3C2C1. The zero-order chi connectivity index (χ0) is 29.5. The molecule has 0 spiro atoms. The molecule has 1 aliphatic heterocycles. The van der Waals surface area contributed by atoms with E-state index in [9.17, 15) is 0 Å². The van der Waals surface area contributed by atoms with Gasteiger partial charge in [-0.3, -0.25) is 0 Å². The summed E-state index contributed by atoms with van der Waals surface area (Å²) in [6, 6.07) is 47.6. The first-order valence-corrected chi connectivity index (χ1v) is 17.9. The van der Waals surface area contributed by atoms with Crippen molar-refractivity contribution in [2.45, 2.75) is 17.2 Å². The molecule has 1 unspecified atom stereocenters. The molecule has 0 saturated heterocycles. The third-order valence-corrected chi connectivity index (χ3v) is 13.2. The van der Waals surface area contributed by atoms with Crippen LogP contribution in [0.2, 0.25) is 0 Å². The molecule has 2 aromatic heterocycles. The minimum absolute atomic E-state index is 0.440. The monoisotopic (exact) mass is 626 g/mol. The smallest absolute Gasteiger partial charge is 0.0433 e. The highest BCUT2D eigenvalue weighted by Crippen LogP contribution is 2.55. The van der Waals surface area contributed by atoms with Gasteiger partial charge in [0.2, 0.25) is 0 Å². The van der Waals surface area contributed by atoms with E-state index in [1.807, 2.05) is 34.4 Å². The first-order valence-electron chi connectivity index (χ1n) is 15.4. The summed E-state index contributed by atoms with van der Waals surface area (Å²) in [5, 5.41) is 5.36. The van der Waals surface area contributed by atoms with Gasteiger partial charge in [-0.2, -0.15) is 0 Å². The fourth-order valence-electron chi connectivity index (χ4n) is 7.35. The predicted octanol–water partition coefficient (Wildman–Crippen LogP) is 13.3. The minimum atomic E-state index is 0.440. The molecule has 0 N–H and O–H groups in total. The summed E-state index contributed by atoms with van der Waals surface area (Å²) in [7, 11) is 0. The first-order chi connectivity index (χ1) is 22.3. The highest BCUT2D eigenvalue weighted by molar-refractivity contribution is 8.03. The molecule has 0 amide bonds. The summed E-state index contributed by atoms with van der Waals surface area (Å²) in [6.07, 6.45) is 5.84. The first kappa shape index (κ1) is 25.9. The topological polar surface area (TPSA) is 0 Å². The van der Waals surface area contributed by atoms with Crippen LogP contribution in [0.25, 0.3) is 68.2 Å². The Balaban J connectivity index is 1.25. The number of thiophene rings is 2. The van der Waals surface area contributed by atoms with E-state index in [4.69, 9.17) is 0 Å². The van der Waals surface area contributed by atoms with E-state index in [-0.39, 0.29) is 0 Å². The maximum Gasteiger partial charge on any atom is 0.0433 e. The number of fused-ring (bicyclic) bond motifs is 9. The lowest BCUT2D eigenvalue weighted by atomic mass is 9.85. The molecule has 3 heteroatoms. The van der Waals surface area contributed by atoms with Crippen LogP contribution in [-0.2, 0) is 0 Å². The van der Waals surface area contributed by atoms with Crippen LogP contribution in [0.4, 0.5) is 0 Å². The molecule has 0 saturated carbocycles. The van der Waals surface area contributed by atoms with Gasteiger partial charge in [0.05, 0.1) is 0 Å². The van der Waals surface area contributed by atoms with Crippen molar-refractivity contribution in [2.75, 3.05) is 0 Å². The van der Waals surface area contributed by atoms with E-state index in [1.54, 1.807) is 0 Å². The van der Waals surface area contributed by atoms with Crippen molar-refractivity contribution in [3.63, 3.8) is 0 Å². The molecule has 8 aromatic rings. The van der Waals surface area contributed by atoms with Crippen LogP contribution >= 0.6 is 34.4 Å². The lowest BCUT2D eigenvalue weighted by Crippen LogP contribution is -2.01. The van der Waals surface area contributed by atoms with Crippen molar-refractivity contribution in [2.24, 2.45) is 0 Å². The molecule has 2 aliphatic rings. The number of hydrogen-bond acceptors (Lipinski definition) is 3. The predicted molar refractivity (Wildman–Crippen MR) is 199 cm³/mol. The van der Waals surface area contributed by atoms with Gasteiger partial charge in [0.1, 0.15) is 0 Å². The van der Waals surface area contributed by atoms with Crippen molar-refractivity contribution in [1.82, 2.24) is 0 Å². The summed E-state index contributed by atoms with van der Waals surface area (Å²) in [5.74, 6) is 0.440. The van der Waals surface area contributed by atoms with Gasteiger partial charge in [-0.15, -0.1) is 22.7 Å². The number of thioether (sulfide) groups is 1. The zero-order valence-corrected chi connectivity index (χ0v) is 26.7. The number of rotatable bonds is 3. The average molecular weight is 627 g/mol. The van der Waals surface area contributed by atoms with Gasteiger partial charge in [-0.1, -0.05) is 115 Å². The number of benzene rings is 6. The number of allylic oxidation sites excluding steroid dienone is 4. The Kier molecular flexibility index (Phi) is 5.78. The molecule has 6 aromatic carbocycles. The fraction of sp³-hybridized carbons (Fsp3) is 0.0476. The van der Waals surface area contributed by atoms with Crippen molar-refractivity contribution in [1.29, 1.82) is 0 Å². The quantitative estimate of drug-likeness (QED) is 0.188. The van der Waals surface area contributed by atoms with Crippen molar-refractivity contribution < 1.29 is 0 Å². The van der Waals surface area contributed by atoms with Crippen LogP contribution in [0.3, 0.4) is 0 Å². The van der Waals surface area contributed by atoms with Crippen molar-refractivity contribution in [3.05, 3.63) is 156 Å². The standard InChI is InChI=1S/C42H26S3/c1-4-19-37-31(10-1)34-16-7-13-28(40(34)43-37)25-22-26(29-14-8-17-35-32-11-2-5-20-38(32)44-41(29)35)24-27(23-25)30-15-9-18-36-33-12-3-6-21-39(33)45-42(30)36/h1-17,19-24,36H,18H2. The van der Waals surface area contributed by atoms with Crippen LogP contribution in [0.1, 0.15) is 23.5 Å². The van der Waals surface area contributed by atoms with E-state index < -0.39 is 0 Å². The second-order valence-electron chi connectivity index (χ2n) is 12.0. The highest BCUT2D eigenvalue weighted by Gasteiger charge is 2.31. The van der Waals surface area contributed by atoms with Gasteiger partial charge < -0.3 is 0 Å². The molecule has 45 heavy (non-hydrogen) atoms. The van der Waals surface area contributed by atoms with Crippen LogP contribution in [0, 0.1) is 0 Å². The summed E-state index contributed by atoms with van der Waals surface area (Å²) < 4.78 is 5.41. The molecule has 0 radical (unpaired) electrons. The Morgan fingerprint density at radius 1 is 0.511 bits per heavy atom. The molecular formula is C42H26S3. The van der Waals surface area contributed by atoms with Gasteiger partial charge in [0, 0.05) is 56.1 Å². The molecule has 3 heterocycles. The normalized spacial score (nSPS) is 15.9. The van der Waals surface area contributed by atoms with Gasteiger partial charge in [0.25, 0.3) is 0 Å². The Labute approximate surface area is 274 Å². The van der Waals surface area contributed by atoms with Crippen LogP contribution in [0.15, 0.2) is 149 Å². The third kappa shape index (κ3) is 3.98. The summed E-state index contributed by atoms with van der Waals surface area (Å²) in [6.45, 7) is 0. The maximum absolute atomic E-state index is 2.45. The van der Waals surface area contributed by atoms with Crippen LogP contribution < -0.4 is 0 Å². The van der Waals surface area contributed by atoms with E-state index in [0.29, 0.717) is 5.92 Å². The molecule has 0 nitrogen and oxygen atoms in total. The molecule has 10 rings (SSSR count). The van der Waals surface area contributed by atoms with Crippen molar-refractivity contribution >= 4 is 80.4 Å². The lowest BCUT2D eigenvalue weighted by molar-refractivity contribution is 0.841. The van der Waals surface area contributed by atoms with Gasteiger partial charge in [-0.25, -0.2) is 0 Å². The van der Waals surface area contributed by atoms with Gasteiger partial charge in [-0.05, 0) is 81.8 Å². The summed E-state index contributed by atoms with van der Waals surface area (Å²) in [5.41, 5.74) is 9.32. The molecule has 212 valence electrons. The lowest BCUT2D eigenvalue weighted by Gasteiger charge is -2.20. The maximum atomic E-state index is 2.45. The molecule has 0 bridgehead atoms. The summed E-state index contributed by atoms with van der Waals surface area (Å²) in [4.78, 5) is 2.89. The Bertz CT molecular complexity index is 2420. The Morgan fingerprint density at radius 3 is 1.73 bits per heavy atom. The Hall–Kier alpha value is -4.41. The third-order valence-electron chi connectivity index (χ3n) is 9.43. The van der Waals surface area contributed by atoms with E-state index in [1.165, 1.54) is 89.1 Å². The fourth-order valence-corrected chi connectivity index (χ4v) is 11.2. The second-order valence-corrected chi connectivity index (χ2v) is 15.2. The van der Waals surface area contributed by atoms with E-state index in [2.05, 4.69) is 140 Å². The highest BCUT2D eigenvalue weighted by atomic mass is 32.2. The molecular weight excluding hydrogens is 601 g/mol. The Morgan fingerprint density at radius 2 is 1.07 bits per heavy atom. The molecule has 1 atom stereocenters.